The van der Waals surface area contributed by atoms with Crippen LogP contribution >= 0.6 is 0 Å². The first-order valence-electron chi connectivity index (χ1n) is 6.77. The molecule has 0 unspecified atom stereocenters. The molecule has 2 N–H and O–H groups in total. The Balaban J connectivity index is 2.10. The SMILES string of the molecule is Cc1cc(CN)ccc1CN1CCCCCC1=O. The quantitative estimate of drug-likeness (QED) is 0.890. The lowest BCUT2D eigenvalue weighted by atomic mass is 10.0. The monoisotopic (exact) mass is 246 g/mol. The summed E-state index contributed by atoms with van der Waals surface area (Å²) >= 11 is 0. The molecule has 0 radical (unpaired) electrons. The fourth-order valence-electron chi connectivity index (χ4n) is 2.47. The minimum absolute atomic E-state index is 0.301. The molecule has 1 fully saturated rings. The summed E-state index contributed by atoms with van der Waals surface area (Å²) in [4.78, 5) is 14.0. The van der Waals surface area contributed by atoms with Gasteiger partial charge in [-0.1, -0.05) is 24.6 Å². The van der Waals surface area contributed by atoms with E-state index in [4.69, 9.17) is 5.73 Å². The van der Waals surface area contributed by atoms with Crippen LogP contribution in [0, 0.1) is 6.92 Å². The summed E-state index contributed by atoms with van der Waals surface area (Å²) in [5.41, 5.74) is 9.25. The maximum Gasteiger partial charge on any atom is 0.222 e. The van der Waals surface area contributed by atoms with Gasteiger partial charge in [-0.05, 0) is 36.5 Å². The van der Waals surface area contributed by atoms with Crippen molar-refractivity contribution in [3.05, 3.63) is 34.9 Å². The number of nitrogens with two attached hydrogens (primary N) is 1. The van der Waals surface area contributed by atoms with Gasteiger partial charge < -0.3 is 10.6 Å². The Morgan fingerprint density at radius 1 is 1.28 bits per heavy atom. The number of amides is 1. The van der Waals surface area contributed by atoms with Crippen LogP contribution in [-0.4, -0.2) is 17.4 Å². The van der Waals surface area contributed by atoms with Crippen molar-refractivity contribution in [3.63, 3.8) is 0 Å². The normalized spacial score (nSPS) is 16.8. The van der Waals surface area contributed by atoms with Gasteiger partial charge in [-0.15, -0.1) is 0 Å². The third-order valence-electron chi connectivity index (χ3n) is 3.68. The average Bonchev–Trinajstić information content (AvgIpc) is 2.57. The predicted molar refractivity (Wildman–Crippen MR) is 73.0 cm³/mol. The molecule has 0 bridgehead atoms. The molecule has 3 nitrogen and oxygen atoms in total. The first kappa shape index (κ1) is 13.1. The number of carbonyl (C=O) groups excluding carboxylic acids is 1. The third-order valence-corrected chi connectivity index (χ3v) is 3.68. The van der Waals surface area contributed by atoms with Crippen LogP contribution in [0.4, 0.5) is 0 Å². The van der Waals surface area contributed by atoms with E-state index in [2.05, 4.69) is 25.1 Å². The summed E-state index contributed by atoms with van der Waals surface area (Å²) in [5.74, 6) is 0.301. The molecule has 2 rings (SSSR count). The van der Waals surface area contributed by atoms with E-state index in [-0.39, 0.29) is 0 Å². The van der Waals surface area contributed by atoms with E-state index in [1.54, 1.807) is 0 Å². The summed E-state index contributed by atoms with van der Waals surface area (Å²) in [7, 11) is 0. The Morgan fingerprint density at radius 3 is 2.83 bits per heavy atom. The number of benzene rings is 1. The zero-order valence-electron chi connectivity index (χ0n) is 11.1. The van der Waals surface area contributed by atoms with Gasteiger partial charge in [-0.3, -0.25) is 4.79 Å². The second kappa shape index (κ2) is 6.01. The van der Waals surface area contributed by atoms with Crippen LogP contribution < -0.4 is 5.73 Å². The molecule has 0 atom stereocenters. The number of hydrogen-bond donors (Lipinski definition) is 1. The van der Waals surface area contributed by atoms with E-state index < -0.39 is 0 Å². The molecule has 1 amide bonds. The number of rotatable bonds is 3. The first-order chi connectivity index (χ1) is 8.70. The van der Waals surface area contributed by atoms with Gasteiger partial charge in [0.15, 0.2) is 0 Å². The minimum Gasteiger partial charge on any atom is -0.338 e. The lowest BCUT2D eigenvalue weighted by Gasteiger charge is -2.21. The van der Waals surface area contributed by atoms with E-state index in [9.17, 15) is 4.79 Å². The van der Waals surface area contributed by atoms with Crippen molar-refractivity contribution in [2.45, 2.75) is 45.7 Å². The van der Waals surface area contributed by atoms with Crippen LogP contribution in [-0.2, 0) is 17.9 Å². The molecule has 0 aliphatic carbocycles. The van der Waals surface area contributed by atoms with Crippen molar-refractivity contribution < 1.29 is 4.79 Å². The lowest BCUT2D eigenvalue weighted by molar-refractivity contribution is -0.131. The topological polar surface area (TPSA) is 46.3 Å². The predicted octanol–water partition coefficient (Wildman–Crippen LogP) is 2.36. The lowest BCUT2D eigenvalue weighted by Crippen LogP contribution is -2.30. The maximum absolute atomic E-state index is 12.0. The van der Waals surface area contributed by atoms with Crippen molar-refractivity contribution in [1.82, 2.24) is 4.90 Å². The number of nitrogens with zero attached hydrogens (tertiary/aromatic N) is 1. The molecule has 0 saturated carbocycles. The van der Waals surface area contributed by atoms with Gasteiger partial charge in [0.2, 0.25) is 5.91 Å². The Labute approximate surface area is 109 Å². The van der Waals surface area contributed by atoms with Crippen molar-refractivity contribution in [3.8, 4) is 0 Å². The third kappa shape index (κ3) is 3.10. The Bertz CT molecular complexity index is 429. The van der Waals surface area contributed by atoms with E-state index in [0.717, 1.165) is 31.5 Å². The summed E-state index contributed by atoms with van der Waals surface area (Å²) in [6, 6.07) is 6.29. The second-order valence-electron chi connectivity index (χ2n) is 5.09. The van der Waals surface area contributed by atoms with Crippen LogP contribution in [0.25, 0.3) is 0 Å². The second-order valence-corrected chi connectivity index (χ2v) is 5.09. The van der Waals surface area contributed by atoms with Gasteiger partial charge >= 0.3 is 0 Å². The van der Waals surface area contributed by atoms with Gasteiger partial charge in [0.1, 0.15) is 0 Å². The highest BCUT2D eigenvalue weighted by atomic mass is 16.2. The number of hydrogen-bond acceptors (Lipinski definition) is 2. The largest absolute Gasteiger partial charge is 0.338 e. The minimum atomic E-state index is 0.301. The molecule has 1 aromatic carbocycles. The molecular weight excluding hydrogens is 224 g/mol. The molecule has 1 aromatic rings. The molecular formula is C15H22N2O. The highest BCUT2D eigenvalue weighted by molar-refractivity contribution is 5.76. The van der Waals surface area contributed by atoms with Gasteiger partial charge in [-0.25, -0.2) is 0 Å². The molecule has 1 saturated heterocycles. The van der Waals surface area contributed by atoms with Crippen LogP contribution in [0.2, 0.25) is 0 Å². The van der Waals surface area contributed by atoms with Crippen molar-refractivity contribution in [2.24, 2.45) is 5.73 Å². The van der Waals surface area contributed by atoms with E-state index >= 15 is 0 Å². The molecule has 1 heterocycles. The number of carbonyl (C=O) groups is 1. The van der Waals surface area contributed by atoms with Crippen LogP contribution in [0.1, 0.15) is 42.4 Å². The maximum atomic E-state index is 12.0. The van der Waals surface area contributed by atoms with E-state index in [0.29, 0.717) is 18.9 Å². The highest BCUT2D eigenvalue weighted by Gasteiger charge is 2.17. The number of likely N-dealkylation sites (tertiary alicyclic amines) is 1. The van der Waals surface area contributed by atoms with Crippen molar-refractivity contribution in [1.29, 1.82) is 0 Å². The zero-order chi connectivity index (χ0) is 13.0. The van der Waals surface area contributed by atoms with Crippen molar-refractivity contribution in [2.75, 3.05) is 6.54 Å². The summed E-state index contributed by atoms with van der Waals surface area (Å²) in [6.07, 6.45) is 4.05. The van der Waals surface area contributed by atoms with Gasteiger partial charge in [-0.2, -0.15) is 0 Å². The van der Waals surface area contributed by atoms with Gasteiger partial charge in [0, 0.05) is 26.1 Å². The van der Waals surface area contributed by atoms with Crippen LogP contribution in [0.15, 0.2) is 18.2 Å². The van der Waals surface area contributed by atoms with E-state index in [1.807, 2.05) is 4.90 Å². The average molecular weight is 246 g/mol. The zero-order valence-corrected chi connectivity index (χ0v) is 11.1. The Kier molecular flexibility index (Phi) is 4.37. The standard InChI is InChI=1S/C15H22N2O/c1-12-9-13(10-16)6-7-14(12)11-17-8-4-2-3-5-15(17)18/h6-7,9H,2-5,8,10-11,16H2,1H3. The fraction of sp³-hybridized carbons (Fsp3) is 0.533. The molecule has 0 aromatic heterocycles. The summed E-state index contributed by atoms with van der Waals surface area (Å²) < 4.78 is 0. The fourth-order valence-corrected chi connectivity index (χ4v) is 2.47. The van der Waals surface area contributed by atoms with Crippen LogP contribution in [0.3, 0.4) is 0 Å². The van der Waals surface area contributed by atoms with Gasteiger partial charge in [0.25, 0.3) is 0 Å². The van der Waals surface area contributed by atoms with Crippen molar-refractivity contribution >= 4 is 5.91 Å². The van der Waals surface area contributed by atoms with Crippen LogP contribution in [0.5, 0.6) is 0 Å². The molecule has 3 heteroatoms. The molecule has 18 heavy (non-hydrogen) atoms. The summed E-state index contributed by atoms with van der Waals surface area (Å²) in [6.45, 7) is 4.31. The Hall–Kier alpha value is -1.35. The van der Waals surface area contributed by atoms with Gasteiger partial charge in [0.05, 0.1) is 0 Å². The summed E-state index contributed by atoms with van der Waals surface area (Å²) in [5, 5.41) is 0. The smallest absolute Gasteiger partial charge is 0.222 e. The first-order valence-corrected chi connectivity index (χ1v) is 6.77. The number of aryl methyl sites for hydroxylation is 1. The van der Waals surface area contributed by atoms with E-state index in [1.165, 1.54) is 17.5 Å². The Morgan fingerprint density at radius 2 is 2.11 bits per heavy atom. The molecule has 98 valence electrons. The molecule has 1 aliphatic heterocycles. The highest BCUT2D eigenvalue weighted by Crippen LogP contribution is 2.17. The molecule has 0 spiro atoms. The molecule has 1 aliphatic rings.